The van der Waals surface area contributed by atoms with Crippen molar-refractivity contribution in [3.8, 4) is 16.9 Å². The Labute approximate surface area is 183 Å². The zero-order valence-corrected chi connectivity index (χ0v) is 18.2. The largest absolute Gasteiger partial charge is 0.497 e. The van der Waals surface area contributed by atoms with Crippen molar-refractivity contribution in [2.24, 2.45) is 0 Å². The number of rotatable bonds is 8. The van der Waals surface area contributed by atoms with E-state index in [1.165, 1.54) is 18.2 Å². The zero-order valence-electron chi connectivity index (χ0n) is 17.4. The summed E-state index contributed by atoms with van der Waals surface area (Å²) in [5.41, 5.74) is 2.06. The summed E-state index contributed by atoms with van der Waals surface area (Å²) in [6, 6.07) is 20.5. The van der Waals surface area contributed by atoms with Crippen LogP contribution in [-0.4, -0.2) is 22.2 Å². The fourth-order valence-electron chi connectivity index (χ4n) is 3.25. The van der Waals surface area contributed by atoms with Crippen LogP contribution in [0, 0.1) is 0 Å². The smallest absolute Gasteiger partial charge is 0.417 e. The predicted octanol–water partition coefficient (Wildman–Crippen LogP) is 6.32. The molecule has 3 aromatic rings. The van der Waals surface area contributed by atoms with E-state index < -0.39 is 22.7 Å². The molecule has 1 atom stereocenters. The van der Waals surface area contributed by atoms with Gasteiger partial charge in [0.15, 0.2) is 0 Å². The lowest BCUT2D eigenvalue weighted by Crippen LogP contribution is -2.28. The van der Waals surface area contributed by atoms with E-state index >= 15 is 0 Å². The summed E-state index contributed by atoms with van der Waals surface area (Å²) in [5.74, 6) is 0.775. The molecule has 31 heavy (non-hydrogen) atoms. The van der Waals surface area contributed by atoms with Crippen molar-refractivity contribution in [2.75, 3.05) is 13.7 Å². The molecule has 0 spiro atoms. The Morgan fingerprint density at radius 3 is 2.03 bits per heavy atom. The number of alkyl halides is 3. The van der Waals surface area contributed by atoms with Crippen molar-refractivity contribution in [1.82, 2.24) is 4.31 Å². The monoisotopic (exact) mass is 447 g/mol. The van der Waals surface area contributed by atoms with Crippen molar-refractivity contribution in [3.63, 3.8) is 0 Å². The number of benzene rings is 3. The maximum Gasteiger partial charge on any atom is 0.417 e. The second-order valence-corrected chi connectivity index (χ2v) is 8.49. The first-order chi connectivity index (χ1) is 14.8. The Bertz CT molecular complexity index is 1020. The van der Waals surface area contributed by atoms with Crippen LogP contribution in [0.2, 0.25) is 0 Å². The number of hydrogen-bond donors (Lipinski definition) is 0. The summed E-state index contributed by atoms with van der Waals surface area (Å²) in [5, 5.41) is 0. The van der Waals surface area contributed by atoms with E-state index in [2.05, 4.69) is 0 Å². The van der Waals surface area contributed by atoms with E-state index in [1.807, 2.05) is 55.5 Å². The molecule has 0 bridgehead atoms. The molecule has 0 radical (unpaired) electrons. The molecule has 0 aliphatic rings. The van der Waals surface area contributed by atoms with Gasteiger partial charge in [-0.05, 0) is 47.4 Å². The molecular weight excluding hydrogens is 423 g/mol. The minimum atomic E-state index is -4.55. The second-order valence-electron chi connectivity index (χ2n) is 7.03. The highest BCUT2D eigenvalue weighted by Crippen LogP contribution is 2.34. The van der Waals surface area contributed by atoms with E-state index in [9.17, 15) is 17.4 Å². The molecule has 3 rings (SSSR count). The minimum absolute atomic E-state index is 0.210. The van der Waals surface area contributed by atoms with Gasteiger partial charge in [-0.15, -0.1) is 0 Å². The molecule has 3 aromatic carbocycles. The average Bonchev–Trinajstić information content (AvgIpc) is 2.78. The summed E-state index contributed by atoms with van der Waals surface area (Å²) < 4.78 is 60.0. The summed E-state index contributed by atoms with van der Waals surface area (Å²) in [4.78, 5) is -0.210. The zero-order chi connectivity index (χ0) is 22.4. The molecule has 0 aliphatic heterocycles. The molecule has 1 unspecified atom stereocenters. The third kappa shape index (κ3) is 5.74. The van der Waals surface area contributed by atoms with Crippen LogP contribution in [0.3, 0.4) is 0 Å². The van der Waals surface area contributed by atoms with Gasteiger partial charge < -0.3 is 4.74 Å². The van der Waals surface area contributed by atoms with Crippen molar-refractivity contribution >= 4 is 11.0 Å². The third-order valence-corrected chi connectivity index (χ3v) is 6.34. The summed E-state index contributed by atoms with van der Waals surface area (Å²) in [6.45, 7) is 2.61. The van der Waals surface area contributed by atoms with Crippen molar-refractivity contribution < 1.29 is 22.1 Å². The standard InChI is InChI=1S/C24H24F3NO2S/c1-3-16-28(31(29)23-7-5-4-6-22(23)24(25,26)27)17-18-8-10-19(11-9-18)20-12-14-21(30-2)15-13-20/h4-15H,3,16-17H2,1-2H3. The number of ether oxygens (including phenoxy) is 1. The van der Waals surface area contributed by atoms with Gasteiger partial charge >= 0.3 is 6.18 Å². The number of nitrogens with zero attached hydrogens (tertiary/aromatic N) is 1. The summed E-state index contributed by atoms with van der Waals surface area (Å²) in [7, 11) is -0.311. The van der Waals surface area contributed by atoms with Crippen LogP contribution in [0.1, 0.15) is 24.5 Å². The van der Waals surface area contributed by atoms with Gasteiger partial charge in [-0.25, -0.2) is 8.51 Å². The molecular formula is C24H24F3NO2S. The maximum atomic E-state index is 13.4. The van der Waals surface area contributed by atoms with Gasteiger partial charge in [-0.1, -0.05) is 55.5 Å². The Kier molecular flexibility index (Phi) is 7.51. The minimum Gasteiger partial charge on any atom is -0.497 e. The second kappa shape index (κ2) is 10.1. The quantitative estimate of drug-likeness (QED) is 0.405. The van der Waals surface area contributed by atoms with Crippen molar-refractivity contribution in [2.45, 2.75) is 31.0 Å². The first-order valence-electron chi connectivity index (χ1n) is 9.90. The van der Waals surface area contributed by atoms with Gasteiger partial charge in [0, 0.05) is 13.1 Å². The molecule has 164 valence electrons. The van der Waals surface area contributed by atoms with Gasteiger partial charge in [0.2, 0.25) is 0 Å². The Balaban J connectivity index is 1.81. The van der Waals surface area contributed by atoms with Crippen LogP contribution in [-0.2, 0) is 23.7 Å². The molecule has 7 heteroatoms. The summed E-state index contributed by atoms with van der Waals surface area (Å²) >= 11 is 0. The highest BCUT2D eigenvalue weighted by molar-refractivity contribution is 7.82. The van der Waals surface area contributed by atoms with Gasteiger partial charge in [0.05, 0.1) is 17.6 Å². The number of hydrogen-bond acceptors (Lipinski definition) is 2. The Morgan fingerprint density at radius 2 is 1.48 bits per heavy atom. The lowest BCUT2D eigenvalue weighted by atomic mass is 10.0. The lowest BCUT2D eigenvalue weighted by Gasteiger charge is -2.23. The summed E-state index contributed by atoms with van der Waals surface area (Å²) in [6.07, 6.45) is -3.88. The SMILES string of the molecule is CCCN(Cc1ccc(-c2ccc(OC)cc2)cc1)S(=O)c1ccccc1C(F)(F)F. The predicted molar refractivity (Wildman–Crippen MR) is 117 cm³/mol. The van der Waals surface area contributed by atoms with Crippen molar-refractivity contribution in [1.29, 1.82) is 0 Å². The molecule has 0 saturated carbocycles. The Morgan fingerprint density at radius 1 is 0.903 bits per heavy atom. The van der Waals surface area contributed by atoms with E-state index in [1.54, 1.807) is 11.4 Å². The molecule has 0 N–H and O–H groups in total. The molecule has 0 saturated heterocycles. The maximum absolute atomic E-state index is 13.4. The number of methoxy groups -OCH3 is 1. The van der Waals surface area contributed by atoms with Gasteiger partial charge in [0.1, 0.15) is 16.7 Å². The molecule has 0 aliphatic carbocycles. The van der Waals surface area contributed by atoms with Gasteiger partial charge in [-0.2, -0.15) is 13.2 Å². The average molecular weight is 448 g/mol. The highest BCUT2D eigenvalue weighted by atomic mass is 32.2. The molecule has 0 fully saturated rings. The Hall–Kier alpha value is -2.64. The van der Waals surface area contributed by atoms with Crippen LogP contribution in [0.25, 0.3) is 11.1 Å². The van der Waals surface area contributed by atoms with Crippen LogP contribution in [0.15, 0.2) is 77.7 Å². The fourth-order valence-corrected chi connectivity index (χ4v) is 4.71. The van der Waals surface area contributed by atoms with Crippen LogP contribution >= 0.6 is 0 Å². The van der Waals surface area contributed by atoms with Crippen LogP contribution in [0.4, 0.5) is 13.2 Å². The lowest BCUT2D eigenvalue weighted by molar-refractivity contribution is -0.139. The highest BCUT2D eigenvalue weighted by Gasteiger charge is 2.35. The molecule has 0 aromatic heterocycles. The topological polar surface area (TPSA) is 29.5 Å². The van der Waals surface area contributed by atoms with Crippen LogP contribution < -0.4 is 4.74 Å². The van der Waals surface area contributed by atoms with Crippen molar-refractivity contribution in [3.05, 3.63) is 83.9 Å². The van der Waals surface area contributed by atoms with E-state index in [-0.39, 0.29) is 11.4 Å². The van der Waals surface area contributed by atoms with Crippen LogP contribution in [0.5, 0.6) is 5.75 Å². The van der Waals surface area contributed by atoms with Gasteiger partial charge in [0.25, 0.3) is 0 Å². The van der Waals surface area contributed by atoms with E-state index in [0.717, 1.165) is 28.5 Å². The van der Waals surface area contributed by atoms with E-state index in [0.29, 0.717) is 13.0 Å². The van der Waals surface area contributed by atoms with E-state index in [4.69, 9.17) is 4.74 Å². The molecule has 3 nitrogen and oxygen atoms in total. The normalized spacial score (nSPS) is 12.7. The molecule has 0 heterocycles. The first kappa shape index (κ1) is 23.0. The molecule has 0 amide bonds. The number of halogens is 3. The third-order valence-electron chi connectivity index (χ3n) is 4.82. The first-order valence-corrected chi connectivity index (χ1v) is 11.0. The fraction of sp³-hybridized carbons (Fsp3) is 0.250. The van der Waals surface area contributed by atoms with Gasteiger partial charge in [-0.3, -0.25) is 0 Å².